The van der Waals surface area contributed by atoms with E-state index >= 15 is 0 Å². The van der Waals surface area contributed by atoms with E-state index in [9.17, 15) is 0 Å². The third-order valence-electron chi connectivity index (χ3n) is 2.64. The van der Waals surface area contributed by atoms with Crippen molar-refractivity contribution >= 4 is 29.1 Å². The molecule has 1 heterocycles. The number of hydrogen-bond acceptors (Lipinski definition) is 3. The van der Waals surface area contributed by atoms with Crippen molar-refractivity contribution in [2.75, 3.05) is 0 Å². The normalized spacial score (nSPS) is 20.7. The van der Waals surface area contributed by atoms with Gasteiger partial charge in [0, 0.05) is 0 Å². The molecule has 1 aliphatic rings. The summed E-state index contributed by atoms with van der Waals surface area (Å²) in [5.74, 6) is 0.852. The van der Waals surface area contributed by atoms with Crippen LogP contribution in [-0.4, -0.2) is 10.8 Å². The van der Waals surface area contributed by atoms with Crippen LogP contribution < -0.4 is 11.2 Å². The van der Waals surface area contributed by atoms with Gasteiger partial charge in [-0.3, -0.25) is 5.43 Å². The summed E-state index contributed by atoms with van der Waals surface area (Å²) in [5.41, 5.74) is 10.2. The Morgan fingerprint density at radius 1 is 1.47 bits per heavy atom. The van der Waals surface area contributed by atoms with Crippen LogP contribution in [0.1, 0.15) is 31.4 Å². The van der Waals surface area contributed by atoms with E-state index in [0.29, 0.717) is 0 Å². The quantitative estimate of drug-likeness (QED) is 0.624. The number of thiocarbonyl (C=S) groups is 1. The predicted molar refractivity (Wildman–Crippen MR) is 72.5 cm³/mol. The van der Waals surface area contributed by atoms with Crippen LogP contribution in [0.15, 0.2) is 33.5 Å². The summed E-state index contributed by atoms with van der Waals surface area (Å²) >= 11 is 4.74. The molecule has 0 amide bonds. The van der Waals surface area contributed by atoms with Gasteiger partial charge in [-0.05, 0) is 61.7 Å². The van der Waals surface area contributed by atoms with Crippen molar-refractivity contribution in [1.82, 2.24) is 5.43 Å². The molecular weight excluding hydrogens is 234 g/mol. The fourth-order valence-electron chi connectivity index (χ4n) is 1.86. The van der Waals surface area contributed by atoms with Gasteiger partial charge in [0.2, 0.25) is 0 Å². The van der Waals surface area contributed by atoms with Crippen LogP contribution in [0, 0.1) is 0 Å². The highest BCUT2D eigenvalue weighted by atomic mass is 32.1. The van der Waals surface area contributed by atoms with Gasteiger partial charge < -0.3 is 10.2 Å². The number of hydrogen-bond donors (Lipinski definition) is 2. The van der Waals surface area contributed by atoms with Gasteiger partial charge in [-0.15, -0.1) is 0 Å². The fraction of sp³-hybridized carbons (Fsp3) is 0.333. The second-order valence-corrected chi connectivity index (χ2v) is 4.37. The molecule has 2 rings (SSSR count). The van der Waals surface area contributed by atoms with Crippen LogP contribution in [0.3, 0.4) is 0 Å². The topological polar surface area (TPSA) is 63.5 Å². The second-order valence-electron chi connectivity index (χ2n) is 3.93. The zero-order valence-corrected chi connectivity index (χ0v) is 10.3. The number of nitrogens with two attached hydrogens (primary N) is 1. The third-order valence-corrected chi connectivity index (χ3v) is 2.73. The molecule has 0 aliphatic heterocycles. The molecule has 0 atom stereocenters. The molecule has 4 nitrogen and oxygen atoms in total. The molecule has 1 saturated carbocycles. The Labute approximate surface area is 106 Å². The highest BCUT2D eigenvalue weighted by molar-refractivity contribution is 7.80. The molecule has 1 fully saturated rings. The Bertz CT molecular complexity index is 448. The number of allylic oxidation sites excluding steroid dienone is 1. The SMILES string of the molecule is NC(=S)NN=C1CCCCC1=Cc1ccco1. The van der Waals surface area contributed by atoms with Gasteiger partial charge in [-0.2, -0.15) is 5.10 Å². The molecule has 0 radical (unpaired) electrons. The van der Waals surface area contributed by atoms with Gasteiger partial charge in [0.25, 0.3) is 0 Å². The highest BCUT2D eigenvalue weighted by Crippen LogP contribution is 2.23. The summed E-state index contributed by atoms with van der Waals surface area (Å²) in [7, 11) is 0. The van der Waals surface area contributed by atoms with Gasteiger partial charge in [-0.1, -0.05) is 0 Å². The average Bonchev–Trinajstić information content (AvgIpc) is 2.80. The van der Waals surface area contributed by atoms with Crippen molar-refractivity contribution in [2.24, 2.45) is 10.8 Å². The first-order valence-corrected chi connectivity index (χ1v) is 6.03. The lowest BCUT2D eigenvalue weighted by Gasteiger charge is -2.16. The first-order chi connectivity index (χ1) is 8.25. The standard InChI is InChI=1S/C12H15N3OS/c13-12(17)15-14-11-6-2-1-4-9(11)8-10-5-3-7-16-10/h3,5,7-8H,1-2,4,6H2,(H3,13,15,17). The molecule has 1 aliphatic carbocycles. The van der Waals surface area contributed by atoms with Crippen molar-refractivity contribution in [3.63, 3.8) is 0 Å². The highest BCUT2D eigenvalue weighted by Gasteiger charge is 2.14. The Kier molecular flexibility index (Phi) is 3.93. The summed E-state index contributed by atoms with van der Waals surface area (Å²) < 4.78 is 5.31. The molecule has 3 N–H and O–H groups in total. The van der Waals surface area contributed by atoms with Crippen LogP contribution in [0.2, 0.25) is 0 Å². The van der Waals surface area contributed by atoms with Crippen molar-refractivity contribution < 1.29 is 4.42 Å². The third kappa shape index (κ3) is 3.42. The lowest BCUT2D eigenvalue weighted by Crippen LogP contribution is -2.26. The Morgan fingerprint density at radius 2 is 2.29 bits per heavy atom. The Hall–Kier alpha value is -1.62. The van der Waals surface area contributed by atoms with E-state index in [1.54, 1.807) is 6.26 Å². The molecule has 0 bridgehead atoms. The first-order valence-electron chi connectivity index (χ1n) is 5.62. The molecule has 0 saturated heterocycles. The Balaban J connectivity index is 2.17. The van der Waals surface area contributed by atoms with E-state index < -0.39 is 0 Å². The lowest BCUT2D eigenvalue weighted by molar-refractivity contribution is 0.556. The van der Waals surface area contributed by atoms with Crippen molar-refractivity contribution in [2.45, 2.75) is 25.7 Å². The monoisotopic (exact) mass is 249 g/mol. The number of hydrazone groups is 1. The molecule has 17 heavy (non-hydrogen) atoms. The summed E-state index contributed by atoms with van der Waals surface area (Å²) in [5, 5.41) is 4.43. The van der Waals surface area contributed by atoms with E-state index in [1.165, 1.54) is 12.0 Å². The summed E-state index contributed by atoms with van der Waals surface area (Å²) in [4.78, 5) is 0. The minimum atomic E-state index is 0.195. The number of furan rings is 1. The second kappa shape index (κ2) is 5.63. The summed E-state index contributed by atoms with van der Waals surface area (Å²) in [6.07, 6.45) is 7.98. The smallest absolute Gasteiger partial charge is 0.184 e. The van der Waals surface area contributed by atoms with E-state index in [4.69, 9.17) is 22.4 Å². The maximum Gasteiger partial charge on any atom is 0.184 e. The zero-order valence-electron chi connectivity index (χ0n) is 9.48. The first kappa shape index (κ1) is 11.9. The minimum absolute atomic E-state index is 0.195. The average molecular weight is 249 g/mol. The molecule has 0 unspecified atom stereocenters. The van der Waals surface area contributed by atoms with Crippen LogP contribution in [-0.2, 0) is 0 Å². The number of nitrogens with zero attached hydrogens (tertiary/aromatic N) is 1. The molecular formula is C12H15N3OS. The van der Waals surface area contributed by atoms with Crippen LogP contribution in [0.25, 0.3) is 6.08 Å². The van der Waals surface area contributed by atoms with Gasteiger partial charge >= 0.3 is 0 Å². The van der Waals surface area contributed by atoms with Crippen LogP contribution in [0.4, 0.5) is 0 Å². The minimum Gasteiger partial charge on any atom is -0.465 e. The van der Waals surface area contributed by atoms with E-state index in [-0.39, 0.29) is 5.11 Å². The number of nitrogens with one attached hydrogen (secondary N) is 1. The van der Waals surface area contributed by atoms with E-state index in [2.05, 4.69) is 10.5 Å². The summed E-state index contributed by atoms with van der Waals surface area (Å²) in [6, 6.07) is 3.81. The van der Waals surface area contributed by atoms with Crippen molar-refractivity contribution in [1.29, 1.82) is 0 Å². The van der Waals surface area contributed by atoms with Gasteiger partial charge in [-0.25, -0.2) is 0 Å². The van der Waals surface area contributed by atoms with Gasteiger partial charge in [0.1, 0.15) is 5.76 Å². The molecule has 1 aromatic rings. The largest absolute Gasteiger partial charge is 0.465 e. The van der Waals surface area contributed by atoms with Crippen molar-refractivity contribution in [3.05, 3.63) is 29.7 Å². The molecule has 0 aromatic carbocycles. The Morgan fingerprint density at radius 3 is 3.00 bits per heavy atom. The van der Waals surface area contributed by atoms with Crippen LogP contribution in [0.5, 0.6) is 0 Å². The maximum atomic E-state index is 5.37. The van der Waals surface area contributed by atoms with E-state index in [1.807, 2.05) is 18.2 Å². The van der Waals surface area contributed by atoms with Gasteiger partial charge in [0.05, 0.1) is 12.0 Å². The fourth-order valence-corrected chi connectivity index (χ4v) is 1.91. The van der Waals surface area contributed by atoms with Gasteiger partial charge in [0.15, 0.2) is 5.11 Å². The molecule has 90 valence electrons. The molecule has 0 spiro atoms. The number of rotatable bonds is 2. The zero-order chi connectivity index (χ0) is 12.1. The molecule has 1 aromatic heterocycles. The van der Waals surface area contributed by atoms with E-state index in [0.717, 1.165) is 30.7 Å². The maximum absolute atomic E-state index is 5.37. The lowest BCUT2D eigenvalue weighted by atomic mass is 9.92. The van der Waals surface area contributed by atoms with Crippen molar-refractivity contribution in [3.8, 4) is 0 Å². The molecule has 5 heteroatoms. The predicted octanol–water partition coefficient (Wildman–Crippen LogP) is 2.43. The van der Waals surface area contributed by atoms with Crippen LogP contribution >= 0.6 is 12.2 Å². The summed E-state index contributed by atoms with van der Waals surface area (Å²) in [6.45, 7) is 0.